The van der Waals surface area contributed by atoms with Gasteiger partial charge in [-0.15, -0.1) is 0 Å². The molecule has 0 unspecified atom stereocenters. The second-order valence-corrected chi connectivity index (χ2v) is 7.62. The molecule has 3 rings (SSSR count). The maximum atomic E-state index is 14.0. The predicted molar refractivity (Wildman–Crippen MR) is 121 cm³/mol. The first-order valence-electron chi connectivity index (χ1n) is 9.79. The average Bonchev–Trinajstić information content (AvgIpc) is 2.75. The summed E-state index contributed by atoms with van der Waals surface area (Å²) in [5.74, 6) is -1.20. The van der Waals surface area contributed by atoms with Crippen molar-refractivity contribution in [1.29, 1.82) is 0 Å². The van der Waals surface area contributed by atoms with E-state index in [4.69, 9.17) is 9.84 Å². The van der Waals surface area contributed by atoms with Crippen LogP contribution < -0.4 is 15.4 Å². The van der Waals surface area contributed by atoms with Gasteiger partial charge in [0.25, 0.3) is 0 Å². The Balaban J connectivity index is 1.73. The van der Waals surface area contributed by atoms with Crippen molar-refractivity contribution < 1.29 is 23.4 Å². The van der Waals surface area contributed by atoms with Crippen molar-refractivity contribution in [3.8, 4) is 17.0 Å². The lowest BCUT2D eigenvalue weighted by Gasteiger charge is -2.13. The number of aromatic nitrogens is 2. The Morgan fingerprint density at radius 2 is 1.88 bits per heavy atom. The number of carbonyl (C=O) groups is 1. The normalized spacial score (nSPS) is 10.6. The Morgan fingerprint density at radius 1 is 1.12 bits per heavy atom. The number of hydrogen-bond donors (Lipinski definition) is 3. The maximum Gasteiger partial charge on any atom is 0.322 e. The van der Waals surface area contributed by atoms with E-state index in [2.05, 4.69) is 36.5 Å². The van der Waals surface area contributed by atoms with E-state index in [1.54, 1.807) is 24.3 Å². The molecule has 10 heteroatoms. The number of halogens is 3. The molecule has 3 aromatic rings. The summed E-state index contributed by atoms with van der Waals surface area (Å²) in [7, 11) is 0. The molecule has 0 saturated heterocycles. The number of anilines is 2. The Hall–Kier alpha value is -3.27. The molecule has 0 spiro atoms. The smallest absolute Gasteiger partial charge is 0.322 e. The summed E-state index contributed by atoms with van der Waals surface area (Å²) in [6.45, 7) is 2.27. The van der Waals surface area contributed by atoms with Crippen LogP contribution in [0.25, 0.3) is 11.3 Å². The molecule has 1 aromatic heterocycles. The highest BCUT2D eigenvalue weighted by Gasteiger charge is 2.12. The quantitative estimate of drug-likeness (QED) is 0.365. The number of nitrogens with one attached hydrogen (secondary N) is 2. The van der Waals surface area contributed by atoms with Crippen molar-refractivity contribution in [2.45, 2.75) is 13.3 Å². The molecule has 0 radical (unpaired) electrons. The Morgan fingerprint density at radius 3 is 2.56 bits per heavy atom. The fraction of sp³-hybridized carbons (Fsp3) is 0.227. The van der Waals surface area contributed by atoms with Crippen molar-refractivity contribution in [3.63, 3.8) is 0 Å². The second-order valence-electron chi connectivity index (χ2n) is 6.70. The molecule has 0 saturated carbocycles. The van der Waals surface area contributed by atoms with Gasteiger partial charge in [0.2, 0.25) is 0 Å². The summed E-state index contributed by atoms with van der Waals surface area (Å²) < 4.78 is 33.9. The fourth-order valence-corrected chi connectivity index (χ4v) is 3.41. The van der Waals surface area contributed by atoms with Crippen molar-refractivity contribution >= 4 is 33.4 Å². The van der Waals surface area contributed by atoms with Crippen LogP contribution in [0.5, 0.6) is 5.75 Å². The van der Waals surface area contributed by atoms with Gasteiger partial charge in [-0.2, -0.15) is 0 Å². The van der Waals surface area contributed by atoms with Crippen molar-refractivity contribution in [2.24, 2.45) is 0 Å². The summed E-state index contributed by atoms with van der Waals surface area (Å²) in [6, 6.07) is 9.43. The van der Waals surface area contributed by atoms with Crippen LogP contribution in [0.1, 0.15) is 12.5 Å². The van der Waals surface area contributed by atoms with Crippen LogP contribution >= 0.6 is 15.9 Å². The molecule has 2 aromatic carbocycles. The van der Waals surface area contributed by atoms with Crippen molar-refractivity contribution in [1.82, 2.24) is 9.97 Å². The molecule has 0 aliphatic carbocycles. The average molecular weight is 507 g/mol. The number of nitrogens with zero attached hydrogens (tertiary/aromatic N) is 2. The van der Waals surface area contributed by atoms with Gasteiger partial charge in [0, 0.05) is 28.2 Å². The Bertz CT molecular complexity index is 1090. The van der Waals surface area contributed by atoms with E-state index in [1.807, 2.05) is 6.92 Å². The van der Waals surface area contributed by atoms with E-state index in [1.165, 1.54) is 18.5 Å². The predicted octanol–water partition coefficient (Wildman–Crippen LogP) is 4.73. The van der Waals surface area contributed by atoms with Gasteiger partial charge in [-0.25, -0.2) is 18.7 Å². The minimum Gasteiger partial charge on any atom is -0.492 e. The topological polar surface area (TPSA) is 96.4 Å². The summed E-state index contributed by atoms with van der Waals surface area (Å²) in [5.41, 5.74) is 1.91. The van der Waals surface area contributed by atoms with Crippen LogP contribution in [0.4, 0.5) is 20.3 Å². The lowest BCUT2D eigenvalue weighted by atomic mass is 10.1. The highest BCUT2D eigenvalue weighted by atomic mass is 79.9. The third-order valence-corrected chi connectivity index (χ3v) is 4.92. The molecule has 1 heterocycles. The largest absolute Gasteiger partial charge is 0.492 e. The number of benzene rings is 2. The highest BCUT2D eigenvalue weighted by Crippen LogP contribution is 2.31. The molecule has 0 fully saturated rings. The van der Waals surface area contributed by atoms with E-state index in [0.29, 0.717) is 34.0 Å². The Labute approximate surface area is 192 Å². The van der Waals surface area contributed by atoms with Crippen molar-refractivity contribution in [3.05, 3.63) is 64.4 Å². The van der Waals surface area contributed by atoms with Crippen LogP contribution in [-0.4, -0.2) is 40.7 Å². The van der Waals surface area contributed by atoms with E-state index in [9.17, 15) is 13.6 Å². The van der Waals surface area contributed by atoms with Gasteiger partial charge < -0.3 is 20.5 Å². The Kier molecular flexibility index (Phi) is 7.93. The molecule has 0 bridgehead atoms. The number of rotatable bonds is 10. The second kappa shape index (κ2) is 10.9. The molecule has 32 heavy (non-hydrogen) atoms. The van der Waals surface area contributed by atoms with Gasteiger partial charge in [0.1, 0.15) is 36.1 Å². The standard InChI is InChI=1S/C22H21BrF2N4O3/c1-2-32-20-7-13(3-4-18(20)27-11-22(30)31)19-10-21(29-12-28-19)26-6-5-15-16(24)8-14(23)9-17(15)25/h3-4,7-10,12,27H,2,5-6,11H2,1H3,(H,30,31)(H,26,28,29). The minimum absolute atomic E-state index is 0.000727. The highest BCUT2D eigenvalue weighted by molar-refractivity contribution is 9.10. The minimum atomic E-state index is -0.981. The molecule has 3 N–H and O–H groups in total. The number of ether oxygens (including phenoxy) is 1. The van der Waals surface area contributed by atoms with Gasteiger partial charge in [0.05, 0.1) is 18.0 Å². The summed E-state index contributed by atoms with van der Waals surface area (Å²) in [5, 5.41) is 14.7. The van der Waals surface area contributed by atoms with E-state index in [0.717, 1.165) is 5.56 Å². The van der Waals surface area contributed by atoms with Crippen LogP contribution in [0.3, 0.4) is 0 Å². The van der Waals surface area contributed by atoms with Gasteiger partial charge in [-0.3, -0.25) is 4.79 Å². The number of hydrogen-bond acceptors (Lipinski definition) is 6. The van der Waals surface area contributed by atoms with Crippen molar-refractivity contribution in [2.75, 3.05) is 30.3 Å². The lowest BCUT2D eigenvalue weighted by Crippen LogP contribution is -2.13. The molecular formula is C22H21BrF2N4O3. The zero-order valence-electron chi connectivity index (χ0n) is 17.2. The summed E-state index contributed by atoms with van der Waals surface area (Å²) in [6.07, 6.45) is 1.53. The van der Waals surface area contributed by atoms with Crippen LogP contribution in [0.15, 0.2) is 47.2 Å². The van der Waals surface area contributed by atoms with Gasteiger partial charge >= 0.3 is 5.97 Å². The van der Waals surface area contributed by atoms with E-state index < -0.39 is 17.6 Å². The van der Waals surface area contributed by atoms with E-state index in [-0.39, 0.29) is 25.1 Å². The maximum absolute atomic E-state index is 14.0. The molecule has 168 valence electrons. The van der Waals surface area contributed by atoms with E-state index >= 15 is 0 Å². The summed E-state index contributed by atoms with van der Waals surface area (Å²) in [4.78, 5) is 19.3. The number of carboxylic acid groups (broad SMARTS) is 1. The van der Waals surface area contributed by atoms with Gasteiger partial charge in [0.15, 0.2) is 0 Å². The molecule has 0 amide bonds. The first kappa shape index (κ1) is 23.4. The zero-order chi connectivity index (χ0) is 23.1. The van der Waals surface area contributed by atoms with Crippen LogP contribution in [-0.2, 0) is 11.2 Å². The number of aliphatic carboxylic acids is 1. The first-order chi connectivity index (χ1) is 15.4. The lowest BCUT2D eigenvalue weighted by molar-refractivity contribution is -0.134. The van der Waals surface area contributed by atoms with Crippen LogP contribution in [0.2, 0.25) is 0 Å². The fourth-order valence-electron chi connectivity index (χ4n) is 3.01. The van der Waals surface area contributed by atoms with Crippen LogP contribution in [0, 0.1) is 11.6 Å². The molecule has 0 atom stereocenters. The molecule has 0 aliphatic heterocycles. The summed E-state index contributed by atoms with van der Waals surface area (Å²) >= 11 is 3.06. The zero-order valence-corrected chi connectivity index (χ0v) is 18.7. The third kappa shape index (κ3) is 6.13. The van der Waals surface area contributed by atoms with Gasteiger partial charge in [-0.1, -0.05) is 22.0 Å². The SMILES string of the molecule is CCOc1cc(-c2cc(NCCc3c(F)cc(Br)cc3F)ncn2)ccc1NCC(=O)O. The molecule has 0 aliphatic rings. The monoisotopic (exact) mass is 506 g/mol. The molecular weight excluding hydrogens is 486 g/mol. The third-order valence-electron chi connectivity index (χ3n) is 4.46. The van der Waals surface area contributed by atoms with Gasteiger partial charge in [-0.05, 0) is 37.6 Å². The molecule has 7 nitrogen and oxygen atoms in total. The first-order valence-corrected chi connectivity index (χ1v) is 10.6. The number of carboxylic acids is 1.